The van der Waals surface area contributed by atoms with Crippen molar-refractivity contribution in [3.05, 3.63) is 35.9 Å². The predicted octanol–water partition coefficient (Wildman–Crippen LogP) is 1.98. The van der Waals surface area contributed by atoms with Gasteiger partial charge in [0.05, 0.1) is 0 Å². The molecule has 0 saturated carbocycles. The molecule has 0 aliphatic carbocycles. The number of nitrogens with zero attached hydrogens (tertiary/aromatic N) is 2. The van der Waals surface area contributed by atoms with Crippen LogP contribution in [0.3, 0.4) is 0 Å². The maximum Gasteiger partial charge on any atom is 0.221 e. The van der Waals surface area contributed by atoms with Crippen LogP contribution in [0.1, 0.15) is 39.2 Å². The molecule has 3 N–H and O–H groups in total. The van der Waals surface area contributed by atoms with E-state index in [4.69, 9.17) is 0 Å². The Hall–Kier alpha value is -2.08. The molecule has 0 saturated heterocycles. The van der Waals surface area contributed by atoms with Gasteiger partial charge in [0.1, 0.15) is 0 Å². The summed E-state index contributed by atoms with van der Waals surface area (Å²) < 4.78 is 0. The Morgan fingerprint density at radius 1 is 1.12 bits per heavy atom. The second-order valence-electron chi connectivity index (χ2n) is 6.94. The van der Waals surface area contributed by atoms with E-state index in [1.165, 1.54) is 5.56 Å². The zero-order chi connectivity index (χ0) is 19.4. The molecule has 1 unspecified atom stereocenters. The van der Waals surface area contributed by atoms with Crippen LogP contribution in [0.15, 0.2) is 35.3 Å². The van der Waals surface area contributed by atoms with Gasteiger partial charge in [-0.15, -0.1) is 0 Å². The summed E-state index contributed by atoms with van der Waals surface area (Å²) in [6.07, 6.45) is 1.45. The molecule has 6 heteroatoms. The van der Waals surface area contributed by atoms with Gasteiger partial charge in [0, 0.05) is 45.2 Å². The predicted molar refractivity (Wildman–Crippen MR) is 109 cm³/mol. The van der Waals surface area contributed by atoms with E-state index in [-0.39, 0.29) is 11.9 Å². The summed E-state index contributed by atoms with van der Waals surface area (Å²) in [6, 6.07) is 11.1. The molecule has 1 aromatic carbocycles. The highest BCUT2D eigenvalue weighted by Gasteiger charge is 2.10. The number of amides is 1. The van der Waals surface area contributed by atoms with Gasteiger partial charge >= 0.3 is 0 Å². The minimum atomic E-state index is 0.0547. The number of aliphatic imine (C=N–C) groups is 1. The summed E-state index contributed by atoms with van der Waals surface area (Å²) in [6.45, 7) is 8.50. The minimum absolute atomic E-state index is 0.0547. The van der Waals surface area contributed by atoms with Crippen LogP contribution in [0.2, 0.25) is 0 Å². The molecule has 6 nitrogen and oxygen atoms in total. The van der Waals surface area contributed by atoms with Gasteiger partial charge in [-0.05, 0) is 39.8 Å². The lowest BCUT2D eigenvalue weighted by molar-refractivity contribution is -0.121. The smallest absolute Gasteiger partial charge is 0.221 e. The van der Waals surface area contributed by atoms with Crippen molar-refractivity contribution in [1.29, 1.82) is 0 Å². The maximum atomic E-state index is 11.6. The highest BCUT2D eigenvalue weighted by molar-refractivity contribution is 5.81. The van der Waals surface area contributed by atoms with Gasteiger partial charge in [-0.2, -0.15) is 0 Å². The molecule has 0 bridgehead atoms. The number of carbonyl (C=O) groups excluding carboxylic acids is 1. The SMILES string of the molecule is CN=C(NCCC(=O)NC(C)C)NCCC(C)N(C)Cc1ccccc1. The molecule has 1 atom stereocenters. The molecule has 0 aliphatic heterocycles. The van der Waals surface area contributed by atoms with E-state index in [1.54, 1.807) is 7.05 Å². The second kappa shape index (κ2) is 12.3. The van der Waals surface area contributed by atoms with Crippen molar-refractivity contribution < 1.29 is 4.79 Å². The normalized spacial score (nSPS) is 13.0. The molecule has 146 valence electrons. The van der Waals surface area contributed by atoms with Crippen LogP contribution in [0.4, 0.5) is 0 Å². The Bertz CT molecular complexity index is 544. The first kappa shape index (κ1) is 22.0. The zero-order valence-corrected chi connectivity index (χ0v) is 16.9. The van der Waals surface area contributed by atoms with Crippen LogP contribution < -0.4 is 16.0 Å². The fourth-order valence-corrected chi connectivity index (χ4v) is 2.56. The fourth-order valence-electron chi connectivity index (χ4n) is 2.56. The molecule has 0 aliphatic rings. The molecule has 0 heterocycles. The summed E-state index contributed by atoms with van der Waals surface area (Å²) in [7, 11) is 3.90. The largest absolute Gasteiger partial charge is 0.356 e. The lowest BCUT2D eigenvalue weighted by Crippen LogP contribution is -2.41. The molecule has 26 heavy (non-hydrogen) atoms. The highest BCUT2D eigenvalue weighted by atomic mass is 16.1. The zero-order valence-electron chi connectivity index (χ0n) is 16.9. The van der Waals surface area contributed by atoms with Crippen molar-refractivity contribution in [3.8, 4) is 0 Å². The number of guanidine groups is 1. The molecule has 1 amide bonds. The fraction of sp³-hybridized carbons (Fsp3) is 0.600. The number of benzene rings is 1. The first-order valence-corrected chi connectivity index (χ1v) is 9.40. The Morgan fingerprint density at radius 2 is 1.77 bits per heavy atom. The number of hydrogen-bond donors (Lipinski definition) is 3. The topological polar surface area (TPSA) is 68.8 Å². The Morgan fingerprint density at radius 3 is 2.38 bits per heavy atom. The number of carbonyl (C=O) groups is 1. The number of rotatable bonds is 10. The van der Waals surface area contributed by atoms with Gasteiger partial charge in [-0.25, -0.2) is 0 Å². The Balaban J connectivity index is 2.23. The summed E-state index contributed by atoms with van der Waals surface area (Å²) in [5.41, 5.74) is 1.33. The monoisotopic (exact) mass is 361 g/mol. The van der Waals surface area contributed by atoms with E-state index in [1.807, 2.05) is 19.9 Å². The van der Waals surface area contributed by atoms with Gasteiger partial charge in [0.15, 0.2) is 5.96 Å². The molecular formula is C20H35N5O. The molecule has 0 fully saturated rings. The molecule has 0 radical (unpaired) electrons. The van der Waals surface area contributed by atoms with Gasteiger partial charge in [-0.3, -0.25) is 14.7 Å². The number of nitrogens with one attached hydrogen (secondary N) is 3. The quantitative estimate of drug-likeness (QED) is 0.440. The molecule has 1 rings (SSSR count). The minimum Gasteiger partial charge on any atom is -0.356 e. The van der Waals surface area contributed by atoms with E-state index in [0.29, 0.717) is 19.0 Å². The lowest BCUT2D eigenvalue weighted by Gasteiger charge is -2.25. The molecule has 0 spiro atoms. The first-order valence-electron chi connectivity index (χ1n) is 9.40. The van der Waals surface area contributed by atoms with Crippen LogP contribution in [-0.2, 0) is 11.3 Å². The van der Waals surface area contributed by atoms with Crippen molar-refractivity contribution in [2.24, 2.45) is 4.99 Å². The molecule has 0 aromatic heterocycles. The third-order valence-electron chi connectivity index (χ3n) is 4.20. The maximum absolute atomic E-state index is 11.6. The van der Waals surface area contributed by atoms with Gasteiger partial charge in [0.2, 0.25) is 5.91 Å². The Labute approximate surface area is 158 Å². The van der Waals surface area contributed by atoms with Crippen LogP contribution in [0.25, 0.3) is 0 Å². The van der Waals surface area contributed by atoms with E-state index >= 15 is 0 Å². The van der Waals surface area contributed by atoms with Crippen molar-refractivity contribution in [2.45, 2.75) is 52.2 Å². The van der Waals surface area contributed by atoms with Crippen LogP contribution in [-0.4, -0.2) is 56.0 Å². The Kier molecular flexibility index (Phi) is 10.4. The molecular weight excluding hydrogens is 326 g/mol. The van der Waals surface area contributed by atoms with Crippen molar-refractivity contribution >= 4 is 11.9 Å². The lowest BCUT2D eigenvalue weighted by atomic mass is 10.1. The van der Waals surface area contributed by atoms with E-state index in [2.05, 4.69) is 64.1 Å². The average molecular weight is 362 g/mol. The van der Waals surface area contributed by atoms with Crippen molar-refractivity contribution in [1.82, 2.24) is 20.9 Å². The third kappa shape index (κ3) is 9.42. The van der Waals surface area contributed by atoms with E-state index in [9.17, 15) is 4.79 Å². The average Bonchev–Trinajstić information content (AvgIpc) is 2.60. The second-order valence-corrected chi connectivity index (χ2v) is 6.94. The van der Waals surface area contributed by atoms with Crippen LogP contribution in [0, 0.1) is 0 Å². The van der Waals surface area contributed by atoms with Gasteiger partial charge < -0.3 is 16.0 Å². The van der Waals surface area contributed by atoms with Crippen LogP contribution in [0.5, 0.6) is 0 Å². The highest BCUT2D eigenvalue weighted by Crippen LogP contribution is 2.07. The summed E-state index contributed by atoms with van der Waals surface area (Å²) in [5.74, 6) is 0.791. The van der Waals surface area contributed by atoms with Gasteiger partial charge in [-0.1, -0.05) is 30.3 Å². The van der Waals surface area contributed by atoms with Gasteiger partial charge in [0.25, 0.3) is 0 Å². The summed E-state index contributed by atoms with van der Waals surface area (Å²) in [5, 5.41) is 9.38. The van der Waals surface area contributed by atoms with E-state index in [0.717, 1.165) is 25.5 Å². The summed E-state index contributed by atoms with van der Waals surface area (Å²) in [4.78, 5) is 18.2. The van der Waals surface area contributed by atoms with E-state index < -0.39 is 0 Å². The standard InChI is InChI=1S/C20H35N5O/c1-16(2)24-19(26)12-14-23-20(21-4)22-13-11-17(3)25(5)15-18-9-7-6-8-10-18/h6-10,16-17H,11-15H2,1-5H3,(H,24,26)(H2,21,22,23). The molecule has 1 aromatic rings. The number of hydrogen-bond acceptors (Lipinski definition) is 3. The van der Waals surface area contributed by atoms with Crippen molar-refractivity contribution in [3.63, 3.8) is 0 Å². The summed E-state index contributed by atoms with van der Waals surface area (Å²) >= 11 is 0. The van der Waals surface area contributed by atoms with Crippen molar-refractivity contribution in [2.75, 3.05) is 27.2 Å². The third-order valence-corrected chi connectivity index (χ3v) is 4.20. The first-order chi connectivity index (χ1) is 12.4. The van der Waals surface area contributed by atoms with Crippen LogP contribution >= 0.6 is 0 Å².